The summed E-state index contributed by atoms with van der Waals surface area (Å²) in [6, 6.07) is 5.29. The summed E-state index contributed by atoms with van der Waals surface area (Å²) >= 11 is 0. The molecular weight excluding hydrogens is 371 g/mol. The van der Waals surface area contributed by atoms with E-state index in [1.807, 2.05) is 6.92 Å². The fourth-order valence-corrected chi connectivity index (χ4v) is 3.00. The molecule has 0 N–H and O–H groups in total. The molecule has 2 heterocycles. The predicted molar refractivity (Wildman–Crippen MR) is 96.9 cm³/mol. The lowest BCUT2D eigenvalue weighted by Gasteiger charge is -2.07. The monoisotopic (exact) mass is 387 g/mol. The van der Waals surface area contributed by atoms with Gasteiger partial charge in [-0.3, -0.25) is 13.9 Å². The number of hydrogen-bond acceptors (Lipinski definition) is 3. The van der Waals surface area contributed by atoms with Crippen molar-refractivity contribution in [2.24, 2.45) is 0 Å². The van der Waals surface area contributed by atoms with Crippen molar-refractivity contribution in [1.29, 1.82) is 0 Å². The molecule has 0 aliphatic rings. The molecule has 2 aromatic heterocycles. The molecule has 1 atom stereocenters. The average Bonchev–Trinajstić information content (AvgIpc) is 2.97. The van der Waals surface area contributed by atoms with Gasteiger partial charge >= 0.3 is 0 Å². The Morgan fingerprint density at radius 1 is 1.20 bits per heavy atom. The van der Waals surface area contributed by atoms with Crippen LogP contribution in [-0.2, 0) is 16.7 Å². The van der Waals surface area contributed by atoms with Crippen molar-refractivity contribution in [3.05, 3.63) is 48.0 Å². The SMILES string of the molecule is CC[S@](=O)Cn1ncc2ncc(-c3ccc(F)c(C(F)F)c3)cc21.S. The van der Waals surface area contributed by atoms with E-state index in [0.717, 1.165) is 12.1 Å². The lowest BCUT2D eigenvalue weighted by atomic mass is 10.0. The zero-order valence-electron chi connectivity index (χ0n) is 13.2. The van der Waals surface area contributed by atoms with Crippen molar-refractivity contribution < 1.29 is 17.4 Å². The van der Waals surface area contributed by atoms with Crippen molar-refractivity contribution >= 4 is 35.3 Å². The summed E-state index contributed by atoms with van der Waals surface area (Å²) in [5.41, 5.74) is 1.62. The summed E-state index contributed by atoms with van der Waals surface area (Å²) < 4.78 is 52.5. The number of fused-ring (bicyclic) bond motifs is 1. The molecule has 9 heteroatoms. The van der Waals surface area contributed by atoms with Crippen molar-refractivity contribution in [1.82, 2.24) is 14.8 Å². The van der Waals surface area contributed by atoms with Crippen LogP contribution in [0.25, 0.3) is 22.2 Å². The Bertz CT molecular complexity index is 915. The van der Waals surface area contributed by atoms with Crippen LogP contribution in [0.5, 0.6) is 0 Å². The second-order valence-electron chi connectivity index (χ2n) is 5.17. The summed E-state index contributed by atoms with van der Waals surface area (Å²) in [5, 5.41) is 4.16. The Balaban J connectivity index is 0.00000225. The van der Waals surface area contributed by atoms with Gasteiger partial charge in [0, 0.05) is 28.3 Å². The summed E-state index contributed by atoms with van der Waals surface area (Å²) in [7, 11) is -1.05. The average molecular weight is 387 g/mol. The van der Waals surface area contributed by atoms with Crippen LogP contribution in [0, 0.1) is 5.82 Å². The van der Waals surface area contributed by atoms with E-state index in [2.05, 4.69) is 10.1 Å². The highest BCUT2D eigenvalue weighted by molar-refractivity contribution is 7.83. The molecule has 0 bridgehead atoms. The maximum absolute atomic E-state index is 13.4. The largest absolute Gasteiger partial charge is 0.266 e. The van der Waals surface area contributed by atoms with Gasteiger partial charge in [-0.2, -0.15) is 18.6 Å². The fraction of sp³-hybridized carbons (Fsp3) is 0.250. The van der Waals surface area contributed by atoms with Gasteiger partial charge in [0.05, 0.1) is 17.3 Å². The Labute approximate surface area is 152 Å². The molecule has 4 nitrogen and oxygen atoms in total. The van der Waals surface area contributed by atoms with E-state index in [0.29, 0.717) is 27.9 Å². The molecule has 0 unspecified atom stereocenters. The van der Waals surface area contributed by atoms with Crippen LogP contribution in [-0.4, -0.2) is 24.7 Å². The Kier molecular flexibility index (Phi) is 6.23. The van der Waals surface area contributed by atoms with Gasteiger partial charge in [0.2, 0.25) is 0 Å². The van der Waals surface area contributed by atoms with Gasteiger partial charge in [0.15, 0.2) is 0 Å². The van der Waals surface area contributed by atoms with Crippen LogP contribution in [0.3, 0.4) is 0 Å². The zero-order chi connectivity index (χ0) is 17.3. The Morgan fingerprint density at radius 2 is 1.96 bits per heavy atom. The number of pyridine rings is 1. The number of nitrogens with zero attached hydrogens (tertiary/aromatic N) is 3. The van der Waals surface area contributed by atoms with Crippen molar-refractivity contribution in [2.45, 2.75) is 19.2 Å². The highest BCUT2D eigenvalue weighted by Gasteiger charge is 2.15. The minimum Gasteiger partial charge on any atom is -0.258 e. The first-order chi connectivity index (χ1) is 11.5. The quantitative estimate of drug-likeness (QED) is 0.665. The molecule has 0 saturated heterocycles. The van der Waals surface area contributed by atoms with Crippen LogP contribution in [0.15, 0.2) is 36.7 Å². The summed E-state index contributed by atoms with van der Waals surface area (Å²) in [5.74, 6) is -0.202. The van der Waals surface area contributed by atoms with Crippen LogP contribution in [0.2, 0.25) is 0 Å². The zero-order valence-corrected chi connectivity index (χ0v) is 15.1. The van der Waals surface area contributed by atoms with E-state index < -0.39 is 28.6 Å². The molecule has 0 saturated carbocycles. The van der Waals surface area contributed by atoms with Crippen LogP contribution in [0.1, 0.15) is 18.9 Å². The number of benzene rings is 1. The normalized spacial score (nSPS) is 12.4. The molecule has 0 fully saturated rings. The topological polar surface area (TPSA) is 47.8 Å². The van der Waals surface area contributed by atoms with Gasteiger partial charge in [0.25, 0.3) is 6.43 Å². The van der Waals surface area contributed by atoms with E-state index >= 15 is 0 Å². The molecule has 3 rings (SSSR count). The van der Waals surface area contributed by atoms with E-state index in [9.17, 15) is 17.4 Å². The number of aromatic nitrogens is 3. The predicted octanol–water partition coefficient (Wildman–Crippen LogP) is 4.01. The molecule has 0 aliphatic heterocycles. The molecule has 0 radical (unpaired) electrons. The van der Waals surface area contributed by atoms with Gasteiger partial charge in [0.1, 0.15) is 17.2 Å². The minimum atomic E-state index is -2.89. The summed E-state index contributed by atoms with van der Waals surface area (Å²) in [6.45, 7) is 1.82. The maximum atomic E-state index is 13.4. The second kappa shape index (κ2) is 8.01. The van der Waals surface area contributed by atoms with Gasteiger partial charge in [-0.25, -0.2) is 13.2 Å². The summed E-state index contributed by atoms with van der Waals surface area (Å²) in [4.78, 5) is 4.24. The lowest BCUT2D eigenvalue weighted by Crippen LogP contribution is -2.07. The third kappa shape index (κ3) is 4.04. The smallest absolute Gasteiger partial charge is 0.258 e. The van der Waals surface area contributed by atoms with Crippen molar-refractivity contribution in [2.75, 3.05) is 5.75 Å². The first-order valence-electron chi connectivity index (χ1n) is 7.24. The molecule has 0 aliphatic carbocycles. The molecular formula is C16H16F3N3OS2. The number of hydrogen-bond donors (Lipinski definition) is 0. The van der Waals surface area contributed by atoms with Crippen LogP contribution < -0.4 is 0 Å². The van der Waals surface area contributed by atoms with E-state index in [1.54, 1.807) is 16.9 Å². The molecule has 0 spiro atoms. The van der Waals surface area contributed by atoms with E-state index in [1.165, 1.54) is 12.3 Å². The Morgan fingerprint density at radius 3 is 2.64 bits per heavy atom. The third-order valence-corrected chi connectivity index (χ3v) is 4.82. The van der Waals surface area contributed by atoms with Gasteiger partial charge in [-0.15, -0.1) is 0 Å². The fourth-order valence-electron chi connectivity index (χ4n) is 2.34. The highest BCUT2D eigenvalue weighted by Crippen LogP contribution is 2.29. The molecule has 1 aromatic carbocycles. The number of alkyl halides is 2. The number of halogens is 3. The van der Waals surface area contributed by atoms with Gasteiger partial charge in [-0.05, 0) is 23.8 Å². The molecule has 134 valence electrons. The number of rotatable bonds is 5. The van der Waals surface area contributed by atoms with Crippen molar-refractivity contribution in [3.63, 3.8) is 0 Å². The van der Waals surface area contributed by atoms with Gasteiger partial charge < -0.3 is 0 Å². The molecule has 3 aromatic rings. The molecule has 25 heavy (non-hydrogen) atoms. The lowest BCUT2D eigenvalue weighted by molar-refractivity contribution is 0.146. The summed E-state index contributed by atoms with van der Waals surface area (Å²) in [6.07, 6.45) is 0.189. The standard InChI is InChI=1S/C16H14F3N3OS.H2S/c1-2-24(23)9-22-15-6-11(7-20-14(15)8-21-22)10-3-4-13(17)12(5-10)16(18)19;/h3-8,16H,2,9H2,1H3;1H2/t24-;/m0./s1. The highest BCUT2D eigenvalue weighted by atomic mass is 32.2. The minimum absolute atomic E-state index is 0. The maximum Gasteiger partial charge on any atom is 0.266 e. The third-order valence-electron chi connectivity index (χ3n) is 3.65. The van der Waals surface area contributed by atoms with E-state index in [-0.39, 0.29) is 19.4 Å². The van der Waals surface area contributed by atoms with Crippen LogP contribution in [0.4, 0.5) is 13.2 Å². The first-order valence-corrected chi connectivity index (χ1v) is 8.73. The first kappa shape index (κ1) is 19.5. The van der Waals surface area contributed by atoms with E-state index in [4.69, 9.17) is 0 Å². The van der Waals surface area contributed by atoms with Gasteiger partial charge in [-0.1, -0.05) is 13.0 Å². The van der Waals surface area contributed by atoms with Crippen molar-refractivity contribution in [3.8, 4) is 11.1 Å². The Hall–Kier alpha value is -1.87. The van der Waals surface area contributed by atoms with Crippen LogP contribution >= 0.6 is 13.5 Å². The molecule has 0 amide bonds. The second-order valence-corrected chi connectivity index (χ2v) is 6.88.